The van der Waals surface area contributed by atoms with Crippen LogP contribution in [0.4, 0.5) is 0 Å². The van der Waals surface area contributed by atoms with E-state index < -0.39 is 0 Å². The maximum atomic E-state index is 12.3. The van der Waals surface area contributed by atoms with Gasteiger partial charge in [0.25, 0.3) is 0 Å². The first-order chi connectivity index (χ1) is 13.9. The number of carbonyl (C=O) groups excluding carboxylic acids is 1. The van der Waals surface area contributed by atoms with Gasteiger partial charge in [-0.3, -0.25) is 19.4 Å². The quantitative estimate of drug-likeness (QED) is 0.646. The number of H-pyrrole nitrogens is 1. The second-order valence-corrected chi connectivity index (χ2v) is 8.21. The van der Waals surface area contributed by atoms with Gasteiger partial charge in [0, 0.05) is 32.6 Å². The van der Waals surface area contributed by atoms with E-state index in [1.54, 1.807) is 4.57 Å². The number of amides is 1. The molecule has 3 rings (SSSR count). The highest BCUT2D eigenvalue weighted by Gasteiger charge is 2.21. The molecule has 0 aliphatic carbocycles. The summed E-state index contributed by atoms with van der Waals surface area (Å²) in [5, 5.41) is 9.94. The first-order valence-electron chi connectivity index (χ1n) is 10.3. The topological polar surface area (TPSA) is 75.2 Å². The molecule has 0 spiro atoms. The lowest BCUT2D eigenvalue weighted by Crippen LogP contribution is -2.44. The molecule has 0 unspecified atom stereocenters. The van der Waals surface area contributed by atoms with Crippen LogP contribution in [0.1, 0.15) is 44.1 Å². The van der Waals surface area contributed by atoms with Crippen LogP contribution in [-0.4, -0.2) is 50.9 Å². The summed E-state index contributed by atoms with van der Waals surface area (Å²) < 4.78 is 8.05. The number of ether oxygens (including phenoxy) is 1. The highest BCUT2D eigenvalue weighted by atomic mass is 32.1. The zero-order valence-electron chi connectivity index (χ0n) is 17.5. The van der Waals surface area contributed by atoms with Crippen LogP contribution in [0, 0.1) is 4.77 Å². The van der Waals surface area contributed by atoms with Gasteiger partial charge >= 0.3 is 0 Å². The maximum Gasteiger partial charge on any atom is 0.240 e. The minimum atomic E-state index is -0.0692. The number of aromatic amines is 1. The fourth-order valence-electron chi connectivity index (χ4n) is 3.76. The number of hydrogen-bond donors (Lipinski definition) is 2. The van der Waals surface area contributed by atoms with Crippen LogP contribution in [-0.2, 0) is 35.6 Å². The van der Waals surface area contributed by atoms with Crippen molar-refractivity contribution in [1.29, 1.82) is 0 Å². The van der Waals surface area contributed by atoms with Gasteiger partial charge in [-0.05, 0) is 43.6 Å². The number of nitrogens with zero attached hydrogens (tertiary/aromatic N) is 3. The van der Waals surface area contributed by atoms with E-state index in [4.69, 9.17) is 17.0 Å². The average molecular weight is 418 g/mol. The van der Waals surface area contributed by atoms with Gasteiger partial charge in [0.05, 0.1) is 12.2 Å². The van der Waals surface area contributed by atoms with E-state index in [1.165, 1.54) is 5.56 Å². The number of carbonyl (C=O) groups is 1. The summed E-state index contributed by atoms with van der Waals surface area (Å²) in [7, 11) is 0. The lowest BCUT2D eigenvalue weighted by Gasteiger charge is -2.35. The molecule has 2 aromatic rings. The van der Waals surface area contributed by atoms with Crippen molar-refractivity contribution in [2.24, 2.45) is 0 Å². The smallest absolute Gasteiger partial charge is 0.240 e. The van der Waals surface area contributed by atoms with Crippen molar-refractivity contribution in [2.75, 3.05) is 13.1 Å². The Morgan fingerprint density at radius 3 is 2.55 bits per heavy atom. The number of nitrogens with one attached hydrogen (secondary N) is 2. The van der Waals surface area contributed by atoms with Gasteiger partial charge in [0.1, 0.15) is 12.4 Å². The first kappa shape index (κ1) is 21.7. The second-order valence-electron chi connectivity index (χ2n) is 7.83. The third kappa shape index (κ3) is 6.22. The Kier molecular flexibility index (Phi) is 7.57. The fourth-order valence-corrected chi connectivity index (χ4v) is 3.98. The molecular formula is C21H31N5O2S. The zero-order valence-corrected chi connectivity index (χ0v) is 18.3. The average Bonchev–Trinajstić information content (AvgIpc) is 3.00. The molecule has 7 nitrogen and oxygen atoms in total. The molecular weight excluding hydrogens is 386 g/mol. The van der Waals surface area contributed by atoms with Crippen molar-refractivity contribution < 1.29 is 9.53 Å². The van der Waals surface area contributed by atoms with E-state index in [0.717, 1.165) is 43.9 Å². The molecule has 2 N–H and O–H groups in total. The minimum Gasteiger partial charge on any atom is -0.373 e. The van der Waals surface area contributed by atoms with Gasteiger partial charge < -0.3 is 10.1 Å². The summed E-state index contributed by atoms with van der Waals surface area (Å²) in [5.74, 6) is 0.754. The Morgan fingerprint density at radius 1 is 1.24 bits per heavy atom. The third-order valence-corrected chi connectivity index (χ3v) is 5.34. The van der Waals surface area contributed by atoms with Crippen LogP contribution in [0.2, 0.25) is 0 Å². The Hall–Kier alpha value is -2.03. The number of rotatable bonds is 8. The molecule has 1 aromatic carbocycles. The summed E-state index contributed by atoms with van der Waals surface area (Å²) >= 11 is 5.23. The molecule has 1 amide bonds. The maximum absolute atomic E-state index is 12.3. The Labute approximate surface area is 177 Å². The summed E-state index contributed by atoms with van der Waals surface area (Å²) in [6.45, 7) is 9.84. The molecule has 0 saturated carbocycles. The van der Waals surface area contributed by atoms with Gasteiger partial charge in [-0.2, -0.15) is 5.10 Å². The summed E-state index contributed by atoms with van der Waals surface area (Å²) in [4.78, 5) is 14.8. The monoisotopic (exact) mass is 417 g/mol. The normalized spacial score (nSPS) is 20.0. The molecule has 29 heavy (non-hydrogen) atoms. The fraction of sp³-hybridized carbons (Fsp3) is 0.571. The molecule has 2 heterocycles. The van der Waals surface area contributed by atoms with E-state index in [-0.39, 0.29) is 24.7 Å². The molecule has 1 aromatic heterocycles. The van der Waals surface area contributed by atoms with Crippen molar-refractivity contribution in [3.8, 4) is 0 Å². The predicted molar refractivity (Wildman–Crippen MR) is 115 cm³/mol. The zero-order chi connectivity index (χ0) is 20.8. The number of hydrogen-bond acceptors (Lipinski definition) is 5. The van der Waals surface area contributed by atoms with Gasteiger partial charge in [-0.1, -0.05) is 31.2 Å². The highest BCUT2D eigenvalue weighted by Crippen LogP contribution is 2.15. The Bertz CT molecular complexity index is 851. The van der Waals surface area contributed by atoms with E-state index >= 15 is 0 Å². The van der Waals surface area contributed by atoms with E-state index in [9.17, 15) is 4.79 Å². The van der Waals surface area contributed by atoms with Gasteiger partial charge in [-0.15, -0.1) is 0 Å². The molecule has 1 aliphatic heterocycles. The van der Waals surface area contributed by atoms with Crippen LogP contribution in [0.25, 0.3) is 0 Å². The van der Waals surface area contributed by atoms with Crippen molar-refractivity contribution in [3.63, 3.8) is 0 Å². The van der Waals surface area contributed by atoms with Crippen LogP contribution < -0.4 is 5.32 Å². The Balaban J connectivity index is 1.49. The van der Waals surface area contributed by atoms with Gasteiger partial charge in [0.15, 0.2) is 4.77 Å². The highest BCUT2D eigenvalue weighted by molar-refractivity contribution is 7.71. The molecule has 2 atom stereocenters. The van der Waals surface area contributed by atoms with Crippen LogP contribution in [0.3, 0.4) is 0 Å². The lowest BCUT2D eigenvalue weighted by atomic mass is 10.1. The summed E-state index contributed by atoms with van der Waals surface area (Å²) in [6, 6.07) is 8.43. The van der Waals surface area contributed by atoms with E-state index in [1.807, 2.05) is 0 Å². The number of aryl methyl sites for hydroxylation is 1. The number of benzene rings is 1. The van der Waals surface area contributed by atoms with Crippen LogP contribution in [0.15, 0.2) is 24.3 Å². The molecule has 0 bridgehead atoms. The van der Waals surface area contributed by atoms with Crippen molar-refractivity contribution in [1.82, 2.24) is 25.0 Å². The standard InChI is InChI=1S/C21H31N5O2S/c1-4-5-19-23-24-21(29)26(19)14-20(27)22-10-17-6-8-18(9-7-17)13-25-11-15(2)28-16(3)12-25/h6-9,15-16H,4-5,10-14H2,1-3H3,(H,22,27)(H,24,29)/t15-,16-/m1/s1. The first-order valence-corrected chi connectivity index (χ1v) is 10.7. The lowest BCUT2D eigenvalue weighted by molar-refractivity contribution is -0.121. The number of morpholine rings is 1. The molecule has 1 aliphatic rings. The molecule has 1 saturated heterocycles. The summed E-state index contributed by atoms with van der Waals surface area (Å²) in [5.41, 5.74) is 2.35. The van der Waals surface area contributed by atoms with Crippen molar-refractivity contribution in [3.05, 3.63) is 46.0 Å². The van der Waals surface area contributed by atoms with Crippen LogP contribution >= 0.6 is 12.2 Å². The molecule has 8 heteroatoms. The molecule has 1 fully saturated rings. The van der Waals surface area contributed by atoms with E-state index in [0.29, 0.717) is 11.3 Å². The summed E-state index contributed by atoms with van der Waals surface area (Å²) in [6.07, 6.45) is 2.29. The predicted octanol–water partition coefficient (Wildman–Crippen LogP) is 2.82. The van der Waals surface area contributed by atoms with Crippen LogP contribution in [0.5, 0.6) is 0 Å². The second kappa shape index (κ2) is 10.1. The minimum absolute atomic E-state index is 0.0692. The van der Waals surface area contributed by atoms with Gasteiger partial charge in [0.2, 0.25) is 5.91 Å². The van der Waals surface area contributed by atoms with Crippen molar-refractivity contribution in [2.45, 2.75) is 65.5 Å². The van der Waals surface area contributed by atoms with E-state index in [2.05, 4.69) is 65.5 Å². The molecule has 158 valence electrons. The molecule has 0 radical (unpaired) electrons. The Morgan fingerprint density at radius 2 is 1.90 bits per heavy atom. The van der Waals surface area contributed by atoms with Gasteiger partial charge in [-0.25, -0.2) is 0 Å². The van der Waals surface area contributed by atoms with Crippen molar-refractivity contribution >= 4 is 18.1 Å². The number of aromatic nitrogens is 3. The SMILES string of the molecule is CCCc1n[nH]c(=S)n1CC(=O)NCc1ccc(CN2C[C@@H](C)O[C@H](C)C2)cc1. The third-order valence-electron chi connectivity index (χ3n) is 5.03. The largest absolute Gasteiger partial charge is 0.373 e.